The molecule has 0 radical (unpaired) electrons. The highest BCUT2D eigenvalue weighted by Gasteiger charge is 2.24. The van der Waals surface area contributed by atoms with Crippen LogP contribution in [0, 0.1) is 24.4 Å². The molecule has 5 heteroatoms. The Hall–Kier alpha value is -1.75. The Balaban J connectivity index is 2.51. The summed E-state index contributed by atoms with van der Waals surface area (Å²) < 4.78 is 44.5. The third kappa shape index (κ3) is 2.06. The Morgan fingerprint density at radius 1 is 1.18 bits per heavy atom. The van der Waals surface area contributed by atoms with Crippen LogP contribution in [0.4, 0.5) is 13.2 Å². The van der Waals surface area contributed by atoms with E-state index in [4.69, 9.17) is 4.42 Å². The van der Waals surface area contributed by atoms with Gasteiger partial charge in [0.1, 0.15) is 29.3 Å². The molecule has 1 unspecified atom stereocenters. The normalized spacial score (nSPS) is 12.8. The molecule has 1 aromatic carbocycles. The van der Waals surface area contributed by atoms with Crippen molar-refractivity contribution in [3.05, 3.63) is 58.8 Å². The van der Waals surface area contributed by atoms with Crippen LogP contribution in [0.5, 0.6) is 0 Å². The molecule has 0 spiro atoms. The predicted molar refractivity (Wildman–Crippen MR) is 53.8 cm³/mol. The van der Waals surface area contributed by atoms with Crippen LogP contribution in [-0.2, 0) is 0 Å². The molecule has 1 atom stereocenters. The minimum absolute atomic E-state index is 0.0365. The van der Waals surface area contributed by atoms with E-state index in [0.717, 1.165) is 0 Å². The van der Waals surface area contributed by atoms with E-state index in [9.17, 15) is 18.3 Å². The molecular formula is C12H9F3O2. The van der Waals surface area contributed by atoms with Gasteiger partial charge in [-0.3, -0.25) is 0 Å². The maximum Gasteiger partial charge on any atom is 0.143 e. The zero-order valence-electron chi connectivity index (χ0n) is 8.88. The summed E-state index contributed by atoms with van der Waals surface area (Å²) in [5, 5.41) is 9.82. The number of benzene rings is 1. The predicted octanol–water partition coefficient (Wildman–Crippen LogP) is 3.09. The summed E-state index contributed by atoms with van der Waals surface area (Å²) in [7, 11) is 0. The molecule has 0 fully saturated rings. The topological polar surface area (TPSA) is 33.4 Å². The second-order valence-electron chi connectivity index (χ2n) is 3.65. The molecule has 0 bridgehead atoms. The van der Waals surface area contributed by atoms with Gasteiger partial charge in [0.25, 0.3) is 0 Å². The first-order valence-electron chi connectivity index (χ1n) is 4.87. The summed E-state index contributed by atoms with van der Waals surface area (Å²) >= 11 is 0. The molecule has 0 aliphatic heterocycles. The highest BCUT2D eigenvalue weighted by Crippen LogP contribution is 2.29. The quantitative estimate of drug-likeness (QED) is 0.877. The van der Waals surface area contributed by atoms with Gasteiger partial charge in [0.15, 0.2) is 0 Å². The van der Waals surface area contributed by atoms with E-state index in [1.54, 1.807) is 13.0 Å². The SMILES string of the molecule is Cc1ccoc1C(O)c1c(F)cc(F)cc1F. The molecule has 2 nitrogen and oxygen atoms in total. The molecule has 2 rings (SSSR count). The fourth-order valence-electron chi connectivity index (χ4n) is 1.61. The zero-order chi connectivity index (χ0) is 12.6. The lowest BCUT2D eigenvalue weighted by Gasteiger charge is -2.11. The van der Waals surface area contributed by atoms with E-state index in [0.29, 0.717) is 17.7 Å². The number of hydrogen-bond acceptors (Lipinski definition) is 2. The fraction of sp³-hybridized carbons (Fsp3) is 0.167. The Bertz CT molecular complexity index is 525. The smallest absolute Gasteiger partial charge is 0.143 e. The molecule has 2 aromatic rings. The van der Waals surface area contributed by atoms with E-state index >= 15 is 0 Å². The lowest BCUT2D eigenvalue weighted by atomic mass is 10.0. The first-order chi connectivity index (χ1) is 8.00. The van der Waals surface area contributed by atoms with Crippen LogP contribution in [0.2, 0.25) is 0 Å². The fourth-order valence-corrected chi connectivity index (χ4v) is 1.61. The standard InChI is InChI=1S/C12H9F3O2/c1-6-2-3-17-12(6)11(16)10-8(14)4-7(13)5-9(10)15/h2-5,11,16H,1H3. The van der Waals surface area contributed by atoms with Crippen LogP contribution in [0.3, 0.4) is 0 Å². The average Bonchev–Trinajstić information content (AvgIpc) is 2.62. The maximum absolute atomic E-state index is 13.4. The van der Waals surface area contributed by atoms with Crippen molar-refractivity contribution >= 4 is 0 Å². The van der Waals surface area contributed by atoms with Gasteiger partial charge in [0.05, 0.1) is 11.8 Å². The van der Waals surface area contributed by atoms with Gasteiger partial charge in [0, 0.05) is 12.1 Å². The monoisotopic (exact) mass is 242 g/mol. The minimum Gasteiger partial charge on any atom is -0.466 e. The van der Waals surface area contributed by atoms with Crippen molar-refractivity contribution in [2.45, 2.75) is 13.0 Å². The highest BCUT2D eigenvalue weighted by molar-refractivity contribution is 5.31. The number of halogens is 3. The summed E-state index contributed by atoms with van der Waals surface area (Å²) in [4.78, 5) is 0. The molecule has 0 saturated carbocycles. The molecule has 1 N–H and O–H groups in total. The third-order valence-corrected chi connectivity index (χ3v) is 2.47. The minimum atomic E-state index is -1.59. The molecule has 0 saturated heterocycles. The molecule has 1 aromatic heterocycles. The van der Waals surface area contributed by atoms with Crippen molar-refractivity contribution in [1.29, 1.82) is 0 Å². The van der Waals surface area contributed by atoms with Crippen LogP contribution in [0.1, 0.15) is 23.0 Å². The van der Waals surface area contributed by atoms with Crippen molar-refractivity contribution in [3.63, 3.8) is 0 Å². The van der Waals surface area contributed by atoms with E-state index in [2.05, 4.69) is 0 Å². The van der Waals surface area contributed by atoms with Crippen LogP contribution >= 0.6 is 0 Å². The molecule has 90 valence electrons. The Kier molecular flexibility index (Phi) is 2.93. The van der Waals surface area contributed by atoms with E-state index < -0.39 is 29.1 Å². The first-order valence-corrected chi connectivity index (χ1v) is 4.87. The van der Waals surface area contributed by atoms with Gasteiger partial charge < -0.3 is 9.52 Å². The van der Waals surface area contributed by atoms with Gasteiger partial charge in [-0.15, -0.1) is 0 Å². The van der Waals surface area contributed by atoms with Gasteiger partial charge in [0.2, 0.25) is 0 Å². The lowest BCUT2D eigenvalue weighted by Crippen LogP contribution is -2.06. The van der Waals surface area contributed by atoms with Crippen LogP contribution in [-0.4, -0.2) is 5.11 Å². The van der Waals surface area contributed by atoms with Crippen molar-refractivity contribution in [2.24, 2.45) is 0 Å². The second-order valence-corrected chi connectivity index (χ2v) is 3.65. The van der Waals surface area contributed by atoms with Crippen molar-refractivity contribution in [1.82, 2.24) is 0 Å². The summed E-state index contributed by atoms with van der Waals surface area (Å²) in [6.45, 7) is 1.63. The summed E-state index contributed by atoms with van der Waals surface area (Å²) in [6, 6.07) is 2.58. The largest absolute Gasteiger partial charge is 0.466 e. The Morgan fingerprint density at radius 2 is 1.76 bits per heavy atom. The van der Waals surface area contributed by atoms with Crippen LogP contribution in [0.25, 0.3) is 0 Å². The van der Waals surface area contributed by atoms with Crippen molar-refractivity contribution < 1.29 is 22.7 Å². The number of aliphatic hydroxyl groups excluding tert-OH is 1. The molecule has 0 amide bonds. The average molecular weight is 242 g/mol. The Labute approximate surface area is 95.3 Å². The molecule has 0 aliphatic rings. The van der Waals surface area contributed by atoms with Gasteiger partial charge in [-0.25, -0.2) is 13.2 Å². The van der Waals surface area contributed by atoms with Gasteiger partial charge in [-0.1, -0.05) is 0 Å². The van der Waals surface area contributed by atoms with E-state index in [-0.39, 0.29) is 5.76 Å². The summed E-state index contributed by atoms with van der Waals surface area (Å²) in [5.74, 6) is -3.29. The third-order valence-electron chi connectivity index (χ3n) is 2.47. The van der Waals surface area contributed by atoms with E-state index in [1.165, 1.54) is 6.26 Å². The van der Waals surface area contributed by atoms with Gasteiger partial charge in [-0.05, 0) is 18.6 Å². The number of rotatable bonds is 2. The number of aliphatic hydroxyl groups is 1. The lowest BCUT2D eigenvalue weighted by molar-refractivity contribution is 0.178. The maximum atomic E-state index is 13.4. The number of aryl methyl sites for hydroxylation is 1. The summed E-state index contributed by atoms with van der Waals surface area (Å²) in [5.41, 5.74) is -0.0647. The number of hydrogen-bond donors (Lipinski definition) is 1. The number of furan rings is 1. The van der Waals surface area contributed by atoms with E-state index in [1.807, 2.05) is 0 Å². The van der Waals surface area contributed by atoms with Crippen molar-refractivity contribution in [3.8, 4) is 0 Å². The van der Waals surface area contributed by atoms with Gasteiger partial charge in [-0.2, -0.15) is 0 Å². The molecule has 17 heavy (non-hydrogen) atoms. The molecule has 1 heterocycles. The molecule has 0 aliphatic carbocycles. The molecular weight excluding hydrogens is 233 g/mol. The van der Waals surface area contributed by atoms with Crippen LogP contribution in [0.15, 0.2) is 28.9 Å². The zero-order valence-corrected chi connectivity index (χ0v) is 8.88. The Morgan fingerprint density at radius 3 is 2.24 bits per heavy atom. The van der Waals surface area contributed by atoms with Crippen LogP contribution < -0.4 is 0 Å². The second kappa shape index (κ2) is 4.25. The summed E-state index contributed by atoms with van der Waals surface area (Å²) in [6.07, 6.45) is -0.293. The first kappa shape index (κ1) is 11.7. The highest BCUT2D eigenvalue weighted by atomic mass is 19.1. The van der Waals surface area contributed by atoms with Crippen molar-refractivity contribution in [2.75, 3.05) is 0 Å². The van der Waals surface area contributed by atoms with Gasteiger partial charge >= 0.3 is 0 Å².